The van der Waals surface area contributed by atoms with Crippen LogP contribution in [0.5, 0.6) is 0 Å². The van der Waals surface area contributed by atoms with Crippen LogP contribution < -0.4 is 5.14 Å². The van der Waals surface area contributed by atoms with Gasteiger partial charge in [0.1, 0.15) is 0 Å². The van der Waals surface area contributed by atoms with Crippen molar-refractivity contribution >= 4 is 10.3 Å². The van der Waals surface area contributed by atoms with Crippen LogP contribution in [0.3, 0.4) is 0 Å². The van der Waals surface area contributed by atoms with E-state index in [0.29, 0.717) is 19.6 Å². The average molecular weight is 274 g/mol. The molecule has 0 saturated carbocycles. The fourth-order valence-electron chi connectivity index (χ4n) is 1.15. The zero-order valence-electron chi connectivity index (χ0n) is 10.0. The summed E-state index contributed by atoms with van der Waals surface area (Å²) in [7, 11) is -4.17. The summed E-state index contributed by atoms with van der Waals surface area (Å²) in [5.74, 6) is 0. The molecule has 17 heavy (non-hydrogen) atoms. The van der Waals surface area contributed by atoms with E-state index in [9.17, 15) is 0 Å². The van der Waals surface area contributed by atoms with Gasteiger partial charge in [-0.05, 0) is 13.8 Å². The number of nitrogens with zero attached hydrogens (tertiary/aromatic N) is 1. The van der Waals surface area contributed by atoms with Gasteiger partial charge in [-0.3, -0.25) is 9.45 Å². The van der Waals surface area contributed by atoms with E-state index in [4.69, 9.17) is 28.3 Å². The molecule has 0 bridgehead atoms. The lowest BCUT2D eigenvalue weighted by Gasteiger charge is -2.23. The monoisotopic (exact) mass is 274 g/mol. The van der Waals surface area contributed by atoms with Crippen molar-refractivity contribution in [2.24, 2.45) is 5.14 Å². The van der Waals surface area contributed by atoms with Gasteiger partial charge in [-0.2, -0.15) is 8.42 Å². The third-order valence-electron chi connectivity index (χ3n) is 1.46. The first-order valence-electron chi connectivity index (χ1n) is 5.00. The molecule has 0 amide bonds. The van der Waals surface area contributed by atoms with Crippen LogP contribution in [0.2, 0.25) is 0 Å². The lowest BCUT2D eigenvalue weighted by molar-refractivity contribution is 0.0725. The Labute approximate surface area is 102 Å². The molecule has 106 valence electrons. The summed E-state index contributed by atoms with van der Waals surface area (Å²) in [5.41, 5.74) is 0. The Bertz CT molecular complexity index is 249. The normalized spacial score (nSPS) is 15.1. The third-order valence-corrected chi connectivity index (χ3v) is 1.46. The van der Waals surface area contributed by atoms with E-state index in [1.165, 1.54) is 0 Å². The van der Waals surface area contributed by atoms with Crippen LogP contribution in [0.15, 0.2) is 0 Å². The Hall–Kier alpha value is -0.290. The lowest BCUT2D eigenvalue weighted by atomic mass is 10.3. The van der Waals surface area contributed by atoms with Gasteiger partial charge in [0.25, 0.3) is 0 Å². The quantitative estimate of drug-likeness (QED) is 0.345. The lowest BCUT2D eigenvalue weighted by Crippen LogP contribution is -2.38. The van der Waals surface area contributed by atoms with Crippen LogP contribution in [-0.4, -0.2) is 71.6 Å². The Balaban J connectivity index is 0. The highest BCUT2D eigenvalue weighted by Crippen LogP contribution is 1.94. The summed E-state index contributed by atoms with van der Waals surface area (Å²) in [6.07, 6.45) is -0.842. The smallest absolute Gasteiger partial charge is 0.330 e. The molecule has 0 saturated heterocycles. The predicted octanol–water partition coefficient (Wildman–Crippen LogP) is -2.21. The maximum atomic E-state index is 9.06. The van der Waals surface area contributed by atoms with E-state index >= 15 is 0 Å². The van der Waals surface area contributed by atoms with Crippen molar-refractivity contribution in [1.82, 2.24) is 4.90 Å². The molecule has 0 radical (unpaired) electrons. The van der Waals surface area contributed by atoms with Crippen molar-refractivity contribution in [2.75, 3.05) is 26.2 Å². The second kappa shape index (κ2) is 9.71. The first-order valence-corrected chi connectivity index (χ1v) is 6.51. The van der Waals surface area contributed by atoms with Crippen LogP contribution in [0.4, 0.5) is 0 Å². The van der Waals surface area contributed by atoms with E-state index < -0.39 is 22.5 Å². The van der Waals surface area contributed by atoms with Gasteiger partial charge in [-0.1, -0.05) is 0 Å². The zero-order valence-corrected chi connectivity index (χ0v) is 10.8. The van der Waals surface area contributed by atoms with Crippen molar-refractivity contribution in [2.45, 2.75) is 26.1 Å². The highest BCUT2D eigenvalue weighted by Gasteiger charge is 2.09. The largest absolute Gasteiger partial charge is 0.395 e. The number of rotatable bonds is 6. The molecule has 0 aromatic carbocycles. The minimum absolute atomic E-state index is 0.0550. The molecule has 0 aliphatic carbocycles. The molecular weight excluding hydrogens is 252 g/mol. The summed E-state index contributed by atoms with van der Waals surface area (Å²) >= 11 is 0. The number of nitrogens with two attached hydrogens (primary N) is 1. The van der Waals surface area contributed by atoms with Gasteiger partial charge in [0.15, 0.2) is 0 Å². The Morgan fingerprint density at radius 3 is 1.65 bits per heavy atom. The van der Waals surface area contributed by atoms with Gasteiger partial charge < -0.3 is 15.3 Å². The van der Waals surface area contributed by atoms with Gasteiger partial charge in [0.05, 0.1) is 18.8 Å². The molecule has 0 fully saturated rings. The first-order chi connectivity index (χ1) is 7.56. The average Bonchev–Trinajstić information content (AvgIpc) is 1.97. The molecular formula is C8H22N2O6S. The van der Waals surface area contributed by atoms with Crippen molar-refractivity contribution in [3.63, 3.8) is 0 Å². The van der Waals surface area contributed by atoms with Gasteiger partial charge in [0.2, 0.25) is 0 Å². The van der Waals surface area contributed by atoms with Crippen LogP contribution in [0.25, 0.3) is 0 Å². The van der Waals surface area contributed by atoms with Gasteiger partial charge in [0, 0.05) is 19.6 Å². The Morgan fingerprint density at radius 1 is 1.18 bits per heavy atom. The fourth-order valence-corrected chi connectivity index (χ4v) is 1.15. The minimum Gasteiger partial charge on any atom is -0.395 e. The molecule has 2 unspecified atom stereocenters. The van der Waals surface area contributed by atoms with Crippen LogP contribution in [0.1, 0.15) is 13.8 Å². The second-order valence-electron chi connectivity index (χ2n) is 3.70. The predicted molar refractivity (Wildman–Crippen MR) is 62.6 cm³/mol. The van der Waals surface area contributed by atoms with Crippen molar-refractivity contribution in [3.05, 3.63) is 0 Å². The Morgan fingerprint density at radius 2 is 1.47 bits per heavy atom. The molecule has 0 spiro atoms. The van der Waals surface area contributed by atoms with Crippen LogP contribution in [0, 0.1) is 0 Å². The fraction of sp³-hybridized carbons (Fsp3) is 1.00. The summed E-state index contributed by atoms with van der Waals surface area (Å²) in [6.45, 7) is 4.91. The third kappa shape index (κ3) is 25.7. The topological polar surface area (TPSA) is 144 Å². The van der Waals surface area contributed by atoms with E-state index in [1.54, 1.807) is 13.8 Å². The zero-order chi connectivity index (χ0) is 14.1. The molecule has 0 heterocycles. The van der Waals surface area contributed by atoms with E-state index in [2.05, 4.69) is 5.14 Å². The SMILES string of the molecule is CC(O)CN(CCO)CC(C)O.NS(=O)(=O)O. The van der Waals surface area contributed by atoms with Crippen molar-refractivity contribution < 1.29 is 28.3 Å². The summed E-state index contributed by atoms with van der Waals surface area (Å²) in [6, 6.07) is 0. The summed E-state index contributed by atoms with van der Waals surface area (Å²) in [4.78, 5) is 1.83. The van der Waals surface area contributed by atoms with Crippen LogP contribution in [-0.2, 0) is 10.3 Å². The number of aliphatic hydroxyl groups is 3. The first kappa shape index (κ1) is 19.1. The van der Waals surface area contributed by atoms with Crippen LogP contribution >= 0.6 is 0 Å². The van der Waals surface area contributed by atoms with E-state index in [1.807, 2.05) is 4.90 Å². The van der Waals surface area contributed by atoms with Gasteiger partial charge in [-0.15, -0.1) is 0 Å². The molecule has 9 heteroatoms. The summed E-state index contributed by atoms with van der Waals surface area (Å²) < 4.78 is 25.2. The standard InChI is InChI=1S/C8H19NO3.H3NO3S/c1-7(11)5-9(3-4-10)6-8(2)12;1-5(2,3)4/h7-8,10-12H,3-6H2,1-2H3;(H3,1,2,3,4). The van der Waals surface area contributed by atoms with Crippen molar-refractivity contribution in [1.29, 1.82) is 0 Å². The molecule has 8 nitrogen and oxygen atoms in total. The molecule has 0 aliphatic heterocycles. The maximum absolute atomic E-state index is 9.06. The van der Waals surface area contributed by atoms with Crippen molar-refractivity contribution in [3.8, 4) is 0 Å². The maximum Gasteiger partial charge on any atom is 0.330 e. The molecule has 0 aliphatic rings. The number of hydrogen-bond donors (Lipinski definition) is 5. The molecule has 0 aromatic rings. The molecule has 0 aromatic heterocycles. The van der Waals surface area contributed by atoms with Gasteiger partial charge in [-0.25, -0.2) is 5.14 Å². The van der Waals surface area contributed by atoms with E-state index in [0.717, 1.165) is 0 Å². The minimum atomic E-state index is -4.17. The Kier molecular flexibility index (Phi) is 10.9. The second-order valence-corrected chi connectivity index (χ2v) is 4.73. The highest BCUT2D eigenvalue weighted by atomic mass is 32.2. The van der Waals surface area contributed by atoms with Gasteiger partial charge >= 0.3 is 10.3 Å². The number of hydrogen-bond acceptors (Lipinski definition) is 6. The molecule has 2 atom stereocenters. The highest BCUT2D eigenvalue weighted by molar-refractivity contribution is 7.83. The number of aliphatic hydroxyl groups excluding tert-OH is 3. The van der Waals surface area contributed by atoms with E-state index in [-0.39, 0.29) is 6.61 Å². The molecule has 0 rings (SSSR count). The molecule has 6 N–H and O–H groups in total. The summed E-state index contributed by atoms with van der Waals surface area (Å²) in [5, 5.41) is 30.7.